The van der Waals surface area contributed by atoms with Crippen molar-refractivity contribution in [3.8, 4) is 0 Å². The summed E-state index contributed by atoms with van der Waals surface area (Å²) < 4.78 is 31.3. The van der Waals surface area contributed by atoms with Gasteiger partial charge in [0.25, 0.3) is 0 Å². The topological polar surface area (TPSA) is 75.7 Å². The van der Waals surface area contributed by atoms with Crippen molar-refractivity contribution in [3.05, 3.63) is 35.4 Å². The second-order valence-electron chi connectivity index (χ2n) is 5.10. The van der Waals surface area contributed by atoms with Crippen LogP contribution in [0.2, 0.25) is 0 Å². The number of amides is 1. The molecule has 116 valence electrons. The molecule has 1 heterocycles. The van der Waals surface area contributed by atoms with Gasteiger partial charge in [-0.25, -0.2) is 17.9 Å². The molecule has 0 spiro atoms. The van der Waals surface area contributed by atoms with Crippen LogP contribution >= 0.6 is 0 Å². The maximum Gasteiger partial charge on any atom is 0.409 e. The Morgan fingerprint density at radius 3 is 2.86 bits per heavy atom. The van der Waals surface area contributed by atoms with E-state index >= 15 is 0 Å². The van der Waals surface area contributed by atoms with Gasteiger partial charge >= 0.3 is 6.09 Å². The summed E-state index contributed by atoms with van der Waals surface area (Å²) in [4.78, 5) is 12.8. The summed E-state index contributed by atoms with van der Waals surface area (Å²) in [6, 6.07) is 7.43. The summed E-state index contributed by atoms with van der Waals surface area (Å²) in [5, 5.41) is 0. The van der Waals surface area contributed by atoms with E-state index < -0.39 is 10.0 Å². The highest BCUT2D eigenvalue weighted by Crippen LogP contribution is 2.08. The molecule has 0 atom stereocenters. The maximum absolute atomic E-state index is 12.0. The van der Waals surface area contributed by atoms with E-state index in [1.165, 1.54) is 0 Å². The third-order valence-corrected chi connectivity index (χ3v) is 4.57. The molecule has 0 aromatic heterocycles. The van der Waals surface area contributed by atoms with Crippen LogP contribution in [0.3, 0.4) is 0 Å². The van der Waals surface area contributed by atoms with Crippen molar-refractivity contribution in [3.63, 3.8) is 0 Å². The Morgan fingerprint density at radius 1 is 1.38 bits per heavy atom. The number of ether oxygens (including phenoxy) is 1. The van der Waals surface area contributed by atoms with E-state index in [2.05, 4.69) is 4.72 Å². The van der Waals surface area contributed by atoms with Gasteiger partial charge in [0.05, 0.1) is 12.3 Å². The Bertz CT molecular complexity index is 601. The Hall–Kier alpha value is -1.60. The highest BCUT2D eigenvalue weighted by Gasteiger charge is 2.21. The number of aryl methyl sites for hydroxylation is 1. The zero-order valence-corrected chi connectivity index (χ0v) is 12.9. The van der Waals surface area contributed by atoms with E-state index in [-0.39, 0.29) is 11.8 Å². The average Bonchev–Trinajstić information content (AvgIpc) is 2.80. The first-order valence-electron chi connectivity index (χ1n) is 6.91. The number of carbonyl (C=O) groups is 1. The molecule has 7 heteroatoms. The lowest BCUT2D eigenvalue weighted by molar-refractivity contribution is 0.158. The number of sulfonamides is 1. The zero-order chi connectivity index (χ0) is 15.3. The summed E-state index contributed by atoms with van der Waals surface area (Å²) in [7, 11) is -3.35. The molecular weight excluding hydrogens is 292 g/mol. The maximum atomic E-state index is 12.0. The monoisotopic (exact) mass is 312 g/mol. The largest absolute Gasteiger partial charge is 0.448 e. The molecule has 0 bridgehead atoms. The summed E-state index contributed by atoms with van der Waals surface area (Å²) >= 11 is 0. The first-order chi connectivity index (χ1) is 9.96. The molecule has 1 aliphatic rings. The normalized spacial score (nSPS) is 15.3. The van der Waals surface area contributed by atoms with Gasteiger partial charge in [-0.05, 0) is 18.9 Å². The van der Waals surface area contributed by atoms with Crippen molar-refractivity contribution in [1.82, 2.24) is 9.62 Å². The van der Waals surface area contributed by atoms with Gasteiger partial charge in [0.2, 0.25) is 10.0 Å². The first kappa shape index (κ1) is 15.8. The third-order valence-electron chi connectivity index (χ3n) is 3.21. The SMILES string of the molecule is Cc1cccc(CS(=O)(=O)NCCCN2CCOC2=O)c1. The smallest absolute Gasteiger partial charge is 0.409 e. The van der Waals surface area contributed by atoms with Crippen molar-refractivity contribution in [1.29, 1.82) is 0 Å². The number of carbonyl (C=O) groups excluding carboxylic acids is 1. The van der Waals surface area contributed by atoms with E-state index in [0.29, 0.717) is 32.7 Å². The molecule has 2 rings (SSSR count). The molecule has 1 saturated heterocycles. The predicted octanol–water partition coefficient (Wildman–Crippen LogP) is 1.26. The average molecular weight is 312 g/mol. The zero-order valence-electron chi connectivity index (χ0n) is 12.0. The van der Waals surface area contributed by atoms with E-state index in [4.69, 9.17) is 4.74 Å². The molecule has 21 heavy (non-hydrogen) atoms. The molecule has 1 aromatic carbocycles. The molecule has 1 aromatic rings. The second-order valence-corrected chi connectivity index (χ2v) is 6.90. The Balaban J connectivity index is 1.75. The van der Waals surface area contributed by atoms with Crippen LogP contribution in [-0.2, 0) is 20.5 Å². The van der Waals surface area contributed by atoms with E-state index in [0.717, 1.165) is 11.1 Å². The minimum absolute atomic E-state index is 0.0273. The Morgan fingerprint density at radius 2 is 2.19 bits per heavy atom. The van der Waals surface area contributed by atoms with Gasteiger partial charge in [-0.15, -0.1) is 0 Å². The number of rotatable bonds is 7. The number of hydrogen-bond donors (Lipinski definition) is 1. The van der Waals surface area contributed by atoms with Crippen LogP contribution in [0.1, 0.15) is 17.5 Å². The van der Waals surface area contributed by atoms with Crippen LogP contribution < -0.4 is 4.72 Å². The lowest BCUT2D eigenvalue weighted by atomic mass is 10.2. The molecule has 1 amide bonds. The minimum atomic E-state index is -3.35. The fraction of sp³-hybridized carbons (Fsp3) is 0.500. The minimum Gasteiger partial charge on any atom is -0.448 e. The van der Waals surface area contributed by atoms with Gasteiger partial charge in [-0.3, -0.25) is 0 Å². The van der Waals surface area contributed by atoms with Gasteiger partial charge < -0.3 is 9.64 Å². The molecule has 0 unspecified atom stereocenters. The molecule has 6 nitrogen and oxygen atoms in total. The van der Waals surface area contributed by atoms with Crippen LogP contribution in [0.4, 0.5) is 4.79 Å². The van der Waals surface area contributed by atoms with Gasteiger partial charge in [0, 0.05) is 13.1 Å². The second kappa shape index (κ2) is 6.91. The van der Waals surface area contributed by atoms with Gasteiger partial charge in [0.15, 0.2) is 0 Å². The number of benzene rings is 1. The van der Waals surface area contributed by atoms with Crippen molar-refractivity contribution < 1.29 is 17.9 Å². The molecule has 1 N–H and O–H groups in total. The Labute approximate surface area is 125 Å². The molecule has 0 saturated carbocycles. The standard InChI is InChI=1S/C14H20N2O4S/c1-12-4-2-5-13(10-12)11-21(18,19)15-6-3-7-16-8-9-20-14(16)17/h2,4-5,10,15H,3,6-9,11H2,1H3. The van der Waals surface area contributed by atoms with Gasteiger partial charge in [-0.1, -0.05) is 29.8 Å². The fourth-order valence-corrected chi connectivity index (χ4v) is 3.37. The van der Waals surface area contributed by atoms with Crippen molar-refractivity contribution >= 4 is 16.1 Å². The van der Waals surface area contributed by atoms with Crippen LogP contribution in [-0.4, -0.2) is 45.7 Å². The van der Waals surface area contributed by atoms with E-state index in [1.807, 2.05) is 25.1 Å². The van der Waals surface area contributed by atoms with Crippen LogP contribution in [0.5, 0.6) is 0 Å². The van der Waals surface area contributed by atoms with Crippen LogP contribution in [0, 0.1) is 6.92 Å². The lowest BCUT2D eigenvalue weighted by Crippen LogP contribution is -2.31. The Kier molecular flexibility index (Phi) is 5.19. The molecule has 1 fully saturated rings. The van der Waals surface area contributed by atoms with Gasteiger partial charge in [0.1, 0.15) is 6.61 Å². The van der Waals surface area contributed by atoms with Crippen molar-refractivity contribution in [2.45, 2.75) is 19.1 Å². The quantitative estimate of drug-likeness (QED) is 0.769. The van der Waals surface area contributed by atoms with Crippen molar-refractivity contribution in [2.24, 2.45) is 0 Å². The number of hydrogen-bond acceptors (Lipinski definition) is 4. The highest BCUT2D eigenvalue weighted by molar-refractivity contribution is 7.88. The van der Waals surface area contributed by atoms with Gasteiger partial charge in [-0.2, -0.15) is 0 Å². The third kappa shape index (κ3) is 5.02. The first-order valence-corrected chi connectivity index (χ1v) is 8.56. The summed E-state index contributed by atoms with van der Waals surface area (Å²) in [5.41, 5.74) is 1.81. The summed E-state index contributed by atoms with van der Waals surface area (Å²) in [5.74, 6) is -0.0273. The van der Waals surface area contributed by atoms with Crippen LogP contribution in [0.15, 0.2) is 24.3 Å². The van der Waals surface area contributed by atoms with Crippen molar-refractivity contribution in [2.75, 3.05) is 26.2 Å². The summed E-state index contributed by atoms with van der Waals surface area (Å²) in [6.45, 7) is 3.75. The van der Waals surface area contributed by atoms with Crippen LogP contribution in [0.25, 0.3) is 0 Å². The molecule has 0 aliphatic carbocycles. The van der Waals surface area contributed by atoms with E-state index in [9.17, 15) is 13.2 Å². The fourth-order valence-electron chi connectivity index (χ4n) is 2.20. The lowest BCUT2D eigenvalue weighted by Gasteiger charge is -2.12. The highest BCUT2D eigenvalue weighted by atomic mass is 32.2. The number of cyclic esters (lactones) is 1. The molecule has 0 radical (unpaired) electrons. The number of nitrogens with zero attached hydrogens (tertiary/aromatic N) is 1. The van der Waals surface area contributed by atoms with E-state index in [1.54, 1.807) is 11.0 Å². The molecule has 1 aliphatic heterocycles. The summed E-state index contributed by atoms with van der Waals surface area (Å²) in [6.07, 6.45) is 0.250. The number of nitrogens with one attached hydrogen (secondary N) is 1. The molecular formula is C14H20N2O4S. The predicted molar refractivity (Wildman–Crippen MR) is 79.3 cm³/mol.